The van der Waals surface area contributed by atoms with E-state index >= 15 is 0 Å². The summed E-state index contributed by atoms with van der Waals surface area (Å²) >= 11 is 3.60. The van der Waals surface area contributed by atoms with E-state index < -0.39 is 0 Å². The fourth-order valence-corrected chi connectivity index (χ4v) is 4.25. The predicted octanol–water partition coefficient (Wildman–Crippen LogP) is 12.2. The maximum absolute atomic E-state index is 5.98. The van der Waals surface area contributed by atoms with Gasteiger partial charge in [0.25, 0.3) is 0 Å². The molecule has 1 aromatic rings. The summed E-state index contributed by atoms with van der Waals surface area (Å²) in [5, 5.41) is 0. The van der Waals surface area contributed by atoms with Gasteiger partial charge in [-0.05, 0) is 30.5 Å². The highest BCUT2D eigenvalue weighted by molar-refractivity contribution is 9.10. The van der Waals surface area contributed by atoms with Crippen LogP contribution in [0.2, 0.25) is 0 Å². The molecule has 1 fully saturated rings. The minimum atomic E-state index is -0.203. The molecule has 0 radical (unpaired) electrons. The van der Waals surface area contributed by atoms with Crippen molar-refractivity contribution in [2.24, 2.45) is 5.41 Å². The van der Waals surface area contributed by atoms with Crippen molar-refractivity contribution in [3.63, 3.8) is 0 Å². The lowest BCUT2D eigenvalue weighted by Gasteiger charge is -2.35. The minimum Gasteiger partial charge on any atom is -0.348 e. The number of hydrogen-bond donors (Lipinski definition) is 0. The van der Waals surface area contributed by atoms with E-state index in [1.807, 2.05) is 13.8 Å². The molecule has 0 amide bonds. The molecule has 0 spiro atoms. The quantitative estimate of drug-likeness (QED) is 0.219. The van der Waals surface area contributed by atoms with E-state index in [-0.39, 0.29) is 11.7 Å². The average Bonchev–Trinajstić information content (AvgIpc) is 2.88. The molecule has 1 aromatic carbocycles. The van der Waals surface area contributed by atoms with Crippen LogP contribution in [0.5, 0.6) is 0 Å². The molecule has 0 atom stereocenters. The van der Waals surface area contributed by atoms with Crippen LogP contribution in [-0.2, 0) is 15.9 Å². The van der Waals surface area contributed by atoms with Crippen LogP contribution in [0.4, 0.5) is 0 Å². The van der Waals surface area contributed by atoms with Gasteiger partial charge in [0.15, 0.2) is 6.29 Å². The van der Waals surface area contributed by atoms with Crippen LogP contribution in [0.25, 0.3) is 0 Å². The summed E-state index contributed by atoms with van der Waals surface area (Å²) in [5.74, 6) is 0. The summed E-state index contributed by atoms with van der Waals surface area (Å²) in [4.78, 5) is 0. The zero-order valence-corrected chi connectivity index (χ0v) is 27.4. The first kappa shape index (κ1) is 37.8. The summed E-state index contributed by atoms with van der Waals surface area (Å²) < 4.78 is 13.1. The van der Waals surface area contributed by atoms with Gasteiger partial charge in [-0.3, -0.25) is 0 Å². The van der Waals surface area contributed by atoms with Gasteiger partial charge in [-0.1, -0.05) is 161 Å². The van der Waals surface area contributed by atoms with Gasteiger partial charge in [0.2, 0.25) is 0 Å². The first-order valence-electron chi connectivity index (χ1n) is 15.4. The Labute approximate surface area is 235 Å². The zero-order chi connectivity index (χ0) is 27.7. The van der Waals surface area contributed by atoms with E-state index in [0.717, 1.165) is 24.1 Å². The first-order chi connectivity index (χ1) is 17.3. The molecule has 1 saturated heterocycles. The highest BCUT2D eigenvalue weighted by Crippen LogP contribution is 2.34. The number of halogens is 1. The van der Waals surface area contributed by atoms with Gasteiger partial charge in [0.1, 0.15) is 0 Å². The Hall–Kier alpha value is -0.380. The van der Waals surface area contributed by atoms with Crippen LogP contribution < -0.4 is 0 Å². The molecule has 214 valence electrons. The second-order valence-electron chi connectivity index (χ2n) is 10.5. The lowest BCUT2D eigenvalue weighted by molar-refractivity contribution is -0.226. The third kappa shape index (κ3) is 20.7. The molecular formula is C33H63BrO2. The minimum absolute atomic E-state index is 0.116. The third-order valence-corrected chi connectivity index (χ3v) is 6.57. The monoisotopic (exact) mass is 570 g/mol. The standard InChI is InChI=1S/C20H31BrO2.C6H14.C5H12.C2H6/c1-4-5-6-7-8-9-10-16-13-17(21)11-12-18(16)19-22-14-20(2,3)15-23-19;1-3-5-6-4-2;1-3-5-4-2;1-2/h11-13,19H,4-10,14-15H2,1-3H3;3-6H2,1-2H3;3-5H2,1-2H3;1-2H3. The molecule has 3 heteroatoms. The fourth-order valence-electron chi connectivity index (χ4n) is 3.84. The summed E-state index contributed by atoms with van der Waals surface area (Å²) in [6.45, 7) is 21.0. The van der Waals surface area contributed by atoms with Crippen molar-refractivity contribution in [1.82, 2.24) is 0 Å². The number of hydrogen-bond acceptors (Lipinski definition) is 2. The van der Waals surface area contributed by atoms with Crippen LogP contribution >= 0.6 is 15.9 Å². The smallest absolute Gasteiger partial charge is 0.184 e. The van der Waals surface area contributed by atoms with Crippen molar-refractivity contribution in [1.29, 1.82) is 0 Å². The van der Waals surface area contributed by atoms with Gasteiger partial charge in [-0.15, -0.1) is 0 Å². The van der Waals surface area contributed by atoms with E-state index in [9.17, 15) is 0 Å². The Balaban J connectivity index is 0. The maximum atomic E-state index is 5.98. The molecule has 0 aliphatic carbocycles. The van der Waals surface area contributed by atoms with Crippen LogP contribution in [0, 0.1) is 5.41 Å². The summed E-state index contributed by atoms with van der Waals surface area (Å²) in [6.07, 6.45) is 18.5. The number of benzene rings is 1. The lowest BCUT2D eigenvalue weighted by atomic mass is 9.94. The van der Waals surface area contributed by atoms with Gasteiger partial charge in [0.05, 0.1) is 13.2 Å². The largest absolute Gasteiger partial charge is 0.348 e. The molecule has 0 N–H and O–H groups in total. The second-order valence-corrected chi connectivity index (χ2v) is 11.5. The lowest BCUT2D eigenvalue weighted by Crippen LogP contribution is -2.34. The molecule has 0 unspecified atom stereocenters. The molecule has 36 heavy (non-hydrogen) atoms. The van der Waals surface area contributed by atoms with Gasteiger partial charge in [-0.25, -0.2) is 0 Å². The molecular weight excluding hydrogens is 508 g/mol. The van der Waals surface area contributed by atoms with Crippen molar-refractivity contribution >= 4 is 15.9 Å². The number of rotatable bonds is 13. The Morgan fingerprint density at radius 2 is 1.14 bits per heavy atom. The van der Waals surface area contributed by atoms with Gasteiger partial charge >= 0.3 is 0 Å². The Morgan fingerprint density at radius 1 is 0.694 bits per heavy atom. The van der Waals surface area contributed by atoms with Gasteiger partial charge < -0.3 is 9.47 Å². The fraction of sp³-hybridized carbons (Fsp3) is 0.818. The highest BCUT2D eigenvalue weighted by Gasteiger charge is 2.30. The average molecular weight is 572 g/mol. The van der Waals surface area contributed by atoms with Crippen LogP contribution in [0.15, 0.2) is 22.7 Å². The molecule has 0 aromatic heterocycles. The highest BCUT2D eigenvalue weighted by atomic mass is 79.9. The molecule has 0 saturated carbocycles. The van der Waals surface area contributed by atoms with Crippen molar-refractivity contribution in [2.75, 3.05) is 13.2 Å². The predicted molar refractivity (Wildman–Crippen MR) is 166 cm³/mol. The van der Waals surface area contributed by atoms with Crippen molar-refractivity contribution < 1.29 is 9.47 Å². The van der Waals surface area contributed by atoms with Crippen LogP contribution in [0.1, 0.15) is 163 Å². The van der Waals surface area contributed by atoms with Crippen LogP contribution in [-0.4, -0.2) is 13.2 Å². The van der Waals surface area contributed by atoms with E-state index in [2.05, 4.69) is 82.6 Å². The summed E-state index contributed by atoms with van der Waals surface area (Å²) in [6, 6.07) is 6.47. The molecule has 1 heterocycles. The van der Waals surface area contributed by atoms with Gasteiger partial charge in [-0.2, -0.15) is 0 Å². The second kappa shape index (κ2) is 26.2. The first-order valence-corrected chi connectivity index (χ1v) is 16.2. The van der Waals surface area contributed by atoms with E-state index in [1.165, 1.54) is 94.6 Å². The van der Waals surface area contributed by atoms with E-state index in [0.29, 0.717) is 0 Å². The van der Waals surface area contributed by atoms with Crippen molar-refractivity contribution in [3.05, 3.63) is 33.8 Å². The maximum Gasteiger partial charge on any atom is 0.184 e. The van der Waals surface area contributed by atoms with E-state index in [4.69, 9.17) is 9.47 Å². The topological polar surface area (TPSA) is 18.5 Å². The molecule has 2 rings (SSSR count). The molecule has 2 nitrogen and oxygen atoms in total. The number of ether oxygens (including phenoxy) is 2. The van der Waals surface area contributed by atoms with Crippen molar-refractivity contribution in [2.45, 2.75) is 158 Å². The Morgan fingerprint density at radius 3 is 1.61 bits per heavy atom. The van der Waals surface area contributed by atoms with Crippen molar-refractivity contribution in [3.8, 4) is 0 Å². The number of unbranched alkanes of at least 4 members (excludes halogenated alkanes) is 10. The Kier molecular flexibility index (Phi) is 27.5. The molecule has 0 bridgehead atoms. The third-order valence-electron chi connectivity index (χ3n) is 6.07. The van der Waals surface area contributed by atoms with E-state index in [1.54, 1.807) is 0 Å². The summed E-state index contributed by atoms with van der Waals surface area (Å²) in [5.41, 5.74) is 2.68. The molecule has 1 aliphatic heterocycles. The van der Waals surface area contributed by atoms with Crippen LogP contribution in [0.3, 0.4) is 0 Å². The zero-order valence-electron chi connectivity index (χ0n) is 25.8. The molecule has 1 aliphatic rings. The van der Waals surface area contributed by atoms with Gasteiger partial charge in [0, 0.05) is 15.5 Å². The SMILES string of the molecule is CC.CCCCC.CCCCCC.CCCCCCCCc1cc(Br)ccc1C1OCC(C)(C)CO1. The Bertz CT molecular complexity index is 569. The summed E-state index contributed by atoms with van der Waals surface area (Å²) in [7, 11) is 0. The normalized spacial score (nSPS) is 14.5. The number of aryl methyl sites for hydroxylation is 1.